The fourth-order valence-corrected chi connectivity index (χ4v) is 3.71. The molecule has 0 radical (unpaired) electrons. The van der Waals surface area contributed by atoms with Crippen LogP contribution in [-0.4, -0.2) is 5.91 Å². The monoisotopic (exact) mass is 484 g/mol. The number of nitrogens with one attached hydrogen (secondary N) is 1. The average Bonchev–Trinajstić information content (AvgIpc) is 2.78. The van der Waals surface area contributed by atoms with E-state index in [1.807, 2.05) is 43.3 Å². The van der Waals surface area contributed by atoms with Gasteiger partial charge in [0.2, 0.25) is 0 Å². The molecular formula is C25H19Cl3N2O2. The number of amides is 1. The Morgan fingerprint density at radius 1 is 1.03 bits per heavy atom. The van der Waals surface area contributed by atoms with Crippen molar-refractivity contribution in [3.05, 3.63) is 98.0 Å². The van der Waals surface area contributed by atoms with Gasteiger partial charge in [-0.3, -0.25) is 4.79 Å². The number of nitriles is 1. The molecule has 3 rings (SSSR count). The predicted octanol–water partition coefficient (Wildman–Crippen LogP) is 7.33. The number of rotatable bonds is 7. The fraction of sp³-hybridized carbons (Fsp3) is 0.120. The van der Waals surface area contributed by atoms with Crippen LogP contribution in [0.3, 0.4) is 0 Å². The van der Waals surface area contributed by atoms with Crippen LogP contribution < -0.4 is 10.1 Å². The molecule has 0 aliphatic heterocycles. The van der Waals surface area contributed by atoms with Crippen molar-refractivity contribution < 1.29 is 9.53 Å². The molecule has 0 heterocycles. The Balaban J connectivity index is 1.76. The highest BCUT2D eigenvalue weighted by molar-refractivity contribution is 6.37. The third-order valence-corrected chi connectivity index (χ3v) is 5.58. The van der Waals surface area contributed by atoms with Crippen LogP contribution >= 0.6 is 34.8 Å². The molecule has 3 aromatic rings. The Bertz CT molecular complexity index is 1180. The average molecular weight is 486 g/mol. The molecular weight excluding hydrogens is 467 g/mol. The maximum Gasteiger partial charge on any atom is 0.266 e. The molecule has 32 heavy (non-hydrogen) atoms. The highest BCUT2D eigenvalue weighted by atomic mass is 35.5. The number of ether oxygens (including phenoxy) is 1. The molecule has 0 atom stereocenters. The van der Waals surface area contributed by atoms with E-state index >= 15 is 0 Å². The molecule has 0 aliphatic carbocycles. The topological polar surface area (TPSA) is 62.1 Å². The van der Waals surface area contributed by atoms with Gasteiger partial charge in [-0.2, -0.15) is 5.26 Å². The molecule has 3 aromatic carbocycles. The van der Waals surface area contributed by atoms with Gasteiger partial charge in [-0.15, -0.1) is 0 Å². The van der Waals surface area contributed by atoms with Gasteiger partial charge in [-0.05, 0) is 54.0 Å². The second kappa shape index (κ2) is 11.1. The molecule has 0 fully saturated rings. The van der Waals surface area contributed by atoms with Crippen molar-refractivity contribution >= 4 is 52.5 Å². The Morgan fingerprint density at radius 2 is 1.69 bits per heavy atom. The first-order valence-electron chi connectivity index (χ1n) is 9.78. The first-order chi connectivity index (χ1) is 15.4. The van der Waals surface area contributed by atoms with Crippen LogP contribution in [0.15, 0.2) is 66.2 Å². The number of halogens is 3. The van der Waals surface area contributed by atoms with Crippen molar-refractivity contribution in [2.75, 3.05) is 5.32 Å². The van der Waals surface area contributed by atoms with E-state index in [0.29, 0.717) is 22.0 Å². The summed E-state index contributed by atoms with van der Waals surface area (Å²) in [6, 6.07) is 19.8. The maximum absolute atomic E-state index is 12.5. The summed E-state index contributed by atoms with van der Waals surface area (Å²) in [5.41, 5.74) is 2.97. The first-order valence-corrected chi connectivity index (χ1v) is 10.9. The van der Waals surface area contributed by atoms with Gasteiger partial charge in [0, 0.05) is 16.3 Å². The van der Waals surface area contributed by atoms with Crippen molar-refractivity contribution in [2.45, 2.75) is 20.0 Å². The summed E-state index contributed by atoms with van der Waals surface area (Å²) in [6.45, 7) is 2.24. The Morgan fingerprint density at radius 3 is 2.28 bits per heavy atom. The number of benzene rings is 3. The smallest absolute Gasteiger partial charge is 0.266 e. The molecule has 1 N–H and O–H groups in total. The predicted molar refractivity (Wildman–Crippen MR) is 130 cm³/mol. The second-order valence-electron chi connectivity index (χ2n) is 6.87. The molecule has 0 saturated heterocycles. The lowest BCUT2D eigenvalue weighted by Gasteiger charge is -2.12. The van der Waals surface area contributed by atoms with E-state index in [2.05, 4.69) is 5.32 Å². The van der Waals surface area contributed by atoms with E-state index in [1.54, 1.807) is 30.3 Å². The summed E-state index contributed by atoms with van der Waals surface area (Å²) in [6.07, 6.45) is 2.32. The number of carbonyl (C=O) groups is 1. The highest BCUT2D eigenvalue weighted by Gasteiger charge is 2.14. The van der Waals surface area contributed by atoms with Crippen LogP contribution in [0.2, 0.25) is 15.1 Å². The standard InChI is InChI=1S/C25H19Cl3N2O2/c1-2-16-7-9-20(10-8-16)30-25(31)19(14-29)11-17-12-22(27)24(23(28)13-17)32-15-18-5-3-4-6-21(18)26/h3-13H,2,15H2,1H3,(H,30,31)/b19-11+. The Hall–Kier alpha value is -2.97. The minimum absolute atomic E-state index is 0.0820. The number of carbonyl (C=O) groups excluding carboxylic acids is 1. The van der Waals surface area contributed by atoms with Crippen molar-refractivity contribution in [3.63, 3.8) is 0 Å². The van der Waals surface area contributed by atoms with E-state index in [0.717, 1.165) is 17.5 Å². The summed E-state index contributed by atoms with van der Waals surface area (Å²) in [4.78, 5) is 12.5. The van der Waals surface area contributed by atoms with Crippen LogP contribution in [0.1, 0.15) is 23.6 Å². The fourth-order valence-electron chi connectivity index (χ4n) is 2.90. The van der Waals surface area contributed by atoms with Crippen LogP contribution in [0.25, 0.3) is 6.08 Å². The van der Waals surface area contributed by atoms with Gasteiger partial charge >= 0.3 is 0 Å². The summed E-state index contributed by atoms with van der Waals surface area (Å²) >= 11 is 18.8. The Kier molecular flexibility index (Phi) is 8.19. The normalized spacial score (nSPS) is 11.0. The zero-order valence-corrected chi connectivity index (χ0v) is 19.4. The van der Waals surface area contributed by atoms with Crippen molar-refractivity contribution in [1.29, 1.82) is 5.26 Å². The largest absolute Gasteiger partial charge is 0.486 e. The summed E-state index contributed by atoms with van der Waals surface area (Å²) < 4.78 is 5.75. The zero-order chi connectivity index (χ0) is 23.1. The van der Waals surface area contributed by atoms with Crippen LogP contribution in [0, 0.1) is 11.3 Å². The van der Waals surface area contributed by atoms with Crippen molar-refractivity contribution in [2.24, 2.45) is 0 Å². The second-order valence-corrected chi connectivity index (χ2v) is 8.09. The summed E-state index contributed by atoms with van der Waals surface area (Å²) in [5, 5.41) is 13.3. The lowest BCUT2D eigenvalue weighted by Crippen LogP contribution is -2.13. The van der Waals surface area contributed by atoms with E-state index in [9.17, 15) is 10.1 Å². The third kappa shape index (κ3) is 6.05. The van der Waals surface area contributed by atoms with Gasteiger partial charge in [0.1, 0.15) is 18.2 Å². The van der Waals surface area contributed by atoms with E-state index in [4.69, 9.17) is 39.5 Å². The quantitative estimate of drug-likeness (QED) is 0.281. The van der Waals surface area contributed by atoms with Crippen LogP contribution in [0.4, 0.5) is 5.69 Å². The van der Waals surface area contributed by atoms with E-state index in [-0.39, 0.29) is 22.2 Å². The van der Waals surface area contributed by atoms with Gasteiger partial charge < -0.3 is 10.1 Å². The minimum Gasteiger partial charge on any atom is -0.486 e. The highest BCUT2D eigenvalue weighted by Crippen LogP contribution is 2.36. The van der Waals surface area contributed by atoms with Crippen molar-refractivity contribution in [3.8, 4) is 11.8 Å². The molecule has 0 unspecified atom stereocenters. The number of hydrogen-bond acceptors (Lipinski definition) is 3. The number of nitrogens with zero attached hydrogens (tertiary/aromatic N) is 1. The van der Waals surface area contributed by atoms with Crippen LogP contribution in [-0.2, 0) is 17.8 Å². The molecule has 0 aliphatic rings. The lowest BCUT2D eigenvalue weighted by molar-refractivity contribution is -0.112. The molecule has 7 heteroatoms. The van der Waals surface area contributed by atoms with E-state index in [1.165, 1.54) is 6.08 Å². The van der Waals surface area contributed by atoms with E-state index < -0.39 is 5.91 Å². The van der Waals surface area contributed by atoms with Gasteiger partial charge in [0.15, 0.2) is 5.75 Å². The van der Waals surface area contributed by atoms with Gasteiger partial charge in [-0.25, -0.2) is 0 Å². The minimum atomic E-state index is -0.525. The summed E-state index contributed by atoms with van der Waals surface area (Å²) in [7, 11) is 0. The van der Waals surface area contributed by atoms with Gasteiger partial charge in [0.25, 0.3) is 5.91 Å². The molecule has 0 bridgehead atoms. The SMILES string of the molecule is CCc1ccc(NC(=O)/C(C#N)=C/c2cc(Cl)c(OCc3ccccc3Cl)c(Cl)c2)cc1. The molecule has 4 nitrogen and oxygen atoms in total. The van der Waals surface area contributed by atoms with Gasteiger partial charge in [-0.1, -0.05) is 72.1 Å². The lowest BCUT2D eigenvalue weighted by atomic mass is 10.1. The molecule has 0 saturated carbocycles. The number of aryl methyl sites for hydroxylation is 1. The van der Waals surface area contributed by atoms with Gasteiger partial charge in [0.05, 0.1) is 10.0 Å². The zero-order valence-electron chi connectivity index (χ0n) is 17.2. The number of hydrogen-bond donors (Lipinski definition) is 1. The maximum atomic E-state index is 12.5. The molecule has 162 valence electrons. The summed E-state index contributed by atoms with van der Waals surface area (Å²) in [5.74, 6) is -0.229. The Labute approximate surface area is 202 Å². The number of anilines is 1. The van der Waals surface area contributed by atoms with Crippen LogP contribution in [0.5, 0.6) is 5.75 Å². The molecule has 0 spiro atoms. The third-order valence-electron chi connectivity index (χ3n) is 4.65. The first kappa shape index (κ1) is 23.7. The van der Waals surface area contributed by atoms with Crippen molar-refractivity contribution in [1.82, 2.24) is 0 Å². The molecule has 0 aromatic heterocycles. The molecule has 1 amide bonds.